The molecule has 3 atom stereocenters. The predicted molar refractivity (Wildman–Crippen MR) is 218 cm³/mol. The molecule has 0 aliphatic heterocycles. The number of rotatable bonds is 39. The maximum absolute atomic E-state index is 13.1. The molecule has 3 N–H and O–H groups in total. The third-order valence-corrected chi connectivity index (χ3v) is 10.0. The quantitative estimate of drug-likeness (QED) is 0.0334. The maximum Gasteiger partial charge on any atom is 0.306 e. The average molecular weight is 720 g/mol. The summed E-state index contributed by atoms with van der Waals surface area (Å²) in [6.45, 7) is 6.40. The molecule has 6 heteroatoms. The normalized spacial score (nSPS) is 13.6. The van der Waals surface area contributed by atoms with Crippen molar-refractivity contribution in [1.29, 1.82) is 0 Å². The third kappa shape index (κ3) is 35.2. The van der Waals surface area contributed by atoms with E-state index in [2.05, 4.69) is 50.4 Å². The highest BCUT2D eigenvalue weighted by molar-refractivity contribution is 5.77. The summed E-state index contributed by atoms with van der Waals surface area (Å²) < 4.78 is 5.86. The van der Waals surface area contributed by atoms with Gasteiger partial charge >= 0.3 is 5.97 Å². The van der Waals surface area contributed by atoms with E-state index in [1.807, 2.05) is 0 Å². The number of allylic oxidation sites excluding steroid dienone is 4. The first-order valence-corrected chi connectivity index (χ1v) is 22.1. The molecule has 0 heterocycles. The lowest BCUT2D eigenvalue weighted by Crippen LogP contribution is -2.46. The molecule has 0 rings (SSSR count). The Morgan fingerprint density at radius 2 is 0.980 bits per heavy atom. The summed E-state index contributed by atoms with van der Waals surface area (Å²) in [5, 5.41) is 23.5. The van der Waals surface area contributed by atoms with Gasteiger partial charge in [-0.1, -0.05) is 173 Å². The molecule has 300 valence electrons. The highest BCUT2D eigenvalue weighted by Gasteiger charge is 2.24. The fourth-order valence-electron chi connectivity index (χ4n) is 6.59. The Labute approximate surface area is 316 Å². The Morgan fingerprint density at radius 1 is 0.549 bits per heavy atom. The van der Waals surface area contributed by atoms with E-state index in [4.69, 9.17) is 4.74 Å². The van der Waals surface area contributed by atoms with Crippen molar-refractivity contribution in [3.8, 4) is 0 Å². The average Bonchev–Trinajstić information content (AvgIpc) is 3.12. The lowest BCUT2D eigenvalue weighted by Gasteiger charge is -2.24. The van der Waals surface area contributed by atoms with Crippen LogP contribution in [-0.2, 0) is 14.3 Å². The van der Waals surface area contributed by atoms with Gasteiger partial charge in [0.15, 0.2) is 0 Å². The van der Waals surface area contributed by atoms with Crippen molar-refractivity contribution in [3.63, 3.8) is 0 Å². The molecule has 51 heavy (non-hydrogen) atoms. The van der Waals surface area contributed by atoms with Gasteiger partial charge < -0.3 is 20.3 Å². The molecule has 0 aromatic carbocycles. The minimum absolute atomic E-state index is 0.0561. The van der Waals surface area contributed by atoms with Crippen LogP contribution >= 0.6 is 0 Å². The van der Waals surface area contributed by atoms with Gasteiger partial charge in [-0.05, 0) is 64.2 Å². The molecule has 0 saturated carbocycles. The summed E-state index contributed by atoms with van der Waals surface area (Å²) >= 11 is 0. The second kappa shape index (κ2) is 39.5. The summed E-state index contributed by atoms with van der Waals surface area (Å²) in [7, 11) is 0. The van der Waals surface area contributed by atoms with E-state index in [0.29, 0.717) is 19.3 Å². The van der Waals surface area contributed by atoms with E-state index < -0.39 is 18.2 Å². The first-order chi connectivity index (χ1) is 25.0. The smallest absolute Gasteiger partial charge is 0.306 e. The number of amides is 1. The maximum atomic E-state index is 13.1. The fourth-order valence-corrected chi connectivity index (χ4v) is 6.59. The molecule has 0 saturated heterocycles. The van der Waals surface area contributed by atoms with Crippen LogP contribution in [0.2, 0.25) is 0 Å². The minimum Gasteiger partial charge on any atom is -0.462 e. The monoisotopic (exact) mass is 720 g/mol. The van der Waals surface area contributed by atoms with Gasteiger partial charge in [-0.3, -0.25) is 9.59 Å². The van der Waals surface area contributed by atoms with Crippen LogP contribution in [0.3, 0.4) is 0 Å². The van der Waals surface area contributed by atoms with Crippen LogP contribution in [0.1, 0.15) is 226 Å². The Bertz CT molecular complexity index is 812. The van der Waals surface area contributed by atoms with Crippen molar-refractivity contribution in [2.45, 2.75) is 244 Å². The van der Waals surface area contributed by atoms with Crippen LogP contribution in [0.25, 0.3) is 0 Å². The van der Waals surface area contributed by atoms with E-state index >= 15 is 0 Å². The highest BCUT2D eigenvalue weighted by Crippen LogP contribution is 2.16. The van der Waals surface area contributed by atoms with Crippen molar-refractivity contribution in [1.82, 2.24) is 5.32 Å². The molecule has 1 amide bonds. The summed E-state index contributed by atoms with van der Waals surface area (Å²) in [6.07, 6.45) is 42.4. The van der Waals surface area contributed by atoms with Gasteiger partial charge in [-0.2, -0.15) is 0 Å². The molecule has 0 aliphatic carbocycles. The standard InChI is InChI=1S/C45H85NO5/c1-4-7-10-13-16-19-21-23-25-27-30-33-36-41(51-45(50)38-35-32-29-26-22-20-17-14-11-8-5-2)39-44(49)46-42(40-47)43(48)37-34-31-28-24-18-15-12-9-6-3/h14,17,25,27,41-43,47-48H,4-13,15-16,18-24,26,28-40H2,1-3H3,(H,46,49)/b17-14-,27-25-. The predicted octanol–water partition coefficient (Wildman–Crippen LogP) is 12.4. The lowest BCUT2D eigenvalue weighted by atomic mass is 10.0. The van der Waals surface area contributed by atoms with Crippen LogP contribution < -0.4 is 5.32 Å². The first-order valence-electron chi connectivity index (χ1n) is 22.1. The molecule has 0 radical (unpaired) electrons. The third-order valence-electron chi connectivity index (χ3n) is 10.0. The molecular formula is C45H85NO5. The molecular weight excluding hydrogens is 634 g/mol. The van der Waals surface area contributed by atoms with Crippen LogP contribution in [0, 0.1) is 0 Å². The summed E-state index contributed by atoms with van der Waals surface area (Å²) in [5.41, 5.74) is 0. The highest BCUT2D eigenvalue weighted by atomic mass is 16.5. The van der Waals surface area contributed by atoms with Gasteiger partial charge in [-0.25, -0.2) is 0 Å². The molecule has 0 spiro atoms. The van der Waals surface area contributed by atoms with Gasteiger partial charge in [0.1, 0.15) is 6.10 Å². The molecule has 0 aliphatic rings. The van der Waals surface area contributed by atoms with Crippen molar-refractivity contribution in [2.75, 3.05) is 6.61 Å². The van der Waals surface area contributed by atoms with E-state index in [1.165, 1.54) is 116 Å². The SMILES string of the molecule is CCCC/C=C\CCCCCCCC(=O)OC(CCC/C=C\CCCCCCCCC)CC(=O)NC(CO)C(O)CCCCCCCCCCC. The van der Waals surface area contributed by atoms with Gasteiger partial charge in [-0.15, -0.1) is 0 Å². The van der Waals surface area contributed by atoms with E-state index in [-0.39, 0.29) is 24.9 Å². The first kappa shape index (κ1) is 49.3. The Morgan fingerprint density at radius 3 is 1.49 bits per heavy atom. The molecule has 0 aromatic rings. The number of aliphatic hydroxyl groups is 2. The van der Waals surface area contributed by atoms with E-state index in [1.54, 1.807) is 0 Å². The topological polar surface area (TPSA) is 95.9 Å². The summed E-state index contributed by atoms with van der Waals surface area (Å²) in [5.74, 6) is -0.513. The van der Waals surface area contributed by atoms with Crippen molar-refractivity contribution in [2.24, 2.45) is 0 Å². The zero-order valence-electron chi connectivity index (χ0n) is 34.0. The Hall–Kier alpha value is -1.66. The van der Waals surface area contributed by atoms with Crippen molar-refractivity contribution in [3.05, 3.63) is 24.3 Å². The van der Waals surface area contributed by atoms with Crippen LogP contribution in [0.4, 0.5) is 0 Å². The molecule has 0 aromatic heterocycles. The van der Waals surface area contributed by atoms with Gasteiger partial charge in [0.2, 0.25) is 5.91 Å². The zero-order chi connectivity index (χ0) is 37.5. The number of hydrogen-bond donors (Lipinski definition) is 3. The van der Waals surface area contributed by atoms with Crippen LogP contribution in [0.5, 0.6) is 0 Å². The number of carbonyl (C=O) groups is 2. The van der Waals surface area contributed by atoms with E-state index in [0.717, 1.165) is 64.2 Å². The number of ether oxygens (including phenoxy) is 1. The minimum atomic E-state index is -0.789. The number of nitrogens with one attached hydrogen (secondary N) is 1. The summed E-state index contributed by atoms with van der Waals surface area (Å²) in [4.78, 5) is 25.9. The second-order valence-electron chi connectivity index (χ2n) is 15.1. The molecule has 0 bridgehead atoms. The second-order valence-corrected chi connectivity index (χ2v) is 15.1. The van der Waals surface area contributed by atoms with Crippen molar-refractivity contribution < 1.29 is 24.5 Å². The van der Waals surface area contributed by atoms with Crippen LogP contribution in [-0.4, -0.2) is 46.9 Å². The van der Waals surface area contributed by atoms with E-state index in [9.17, 15) is 19.8 Å². The molecule has 6 nitrogen and oxygen atoms in total. The van der Waals surface area contributed by atoms with Gasteiger partial charge in [0, 0.05) is 6.42 Å². The lowest BCUT2D eigenvalue weighted by molar-refractivity contribution is -0.151. The number of unbranched alkanes of at least 4 members (excludes halogenated alkanes) is 23. The molecule has 0 fully saturated rings. The largest absolute Gasteiger partial charge is 0.462 e. The fraction of sp³-hybridized carbons (Fsp3) is 0.867. The number of esters is 1. The number of aliphatic hydroxyl groups excluding tert-OH is 2. The number of carbonyl (C=O) groups excluding carboxylic acids is 2. The van der Waals surface area contributed by atoms with Crippen LogP contribution in [0.15, 0.2) is 24.3 Å². The number of hydrogen-bond acceptors (Lipinski definition) is 5. The van der Waals surface area contributed by atoms with Gasteiger partial charge in [0.25, 0.3) is 0 Å². The molecule has 3 unspecified atom stereocenters. The van der Waals surface area contributed by atoms with Crippen molar-refractivity contribution >= 4 is 11.9 Å². The van der Waals surface area contributed by atoms with Gasteiger partial charge in [0.05, 0.1) is 25.2 Å². The Balaban J connectivity index is 4.65. The Kier molecular flexibility index (Phi) is 38.3. The zero-order valence-corrected chi connectivity index (χ0v) is 34.0. The summed E-state index contributed by atoms with van der Waals surface area (Å²) in [6, 6.07) is -0.704.